The minimum atomic E-state index is -0.240. The number of hydrogen-bond donors (Lipinski definition) is 2. The molecular formula is C13H18ClNO2. The lowest BCUT2D eigenvalue weighted by molar-refractivity contribution is 0.0908. The number of halogens is 1. The van der Waals surface area contributed by atoms with Crippen LogP contribution in [0.4, 0.5) is 0 Å². The summed E-state index contributed by atoms with van der Waals surface area (Å²) in [6.45, 7) is 4.03. The van der Waals surface area contributed by atoms with Gasteiger partial charge in [-0.3, -0.25) is 4.79 Å². The van der Waals surface area contributed by atoms with Crippen LogP contribution in [0.5, 0.6) is 0 Å². The molecule has 4 heteroatoms. The summed E-state index contributed by atoms with van der Waals surface area (Å²) in [5.41, 5.74) is 0.441. The maximum absolute atomic E-state index is 11.9. The van der Waals surface area contributed by atoms with E-state index in [-0.39, 0.29) is 18.6 Å². The summed E-state index contributed by atoms with van der Waals surface area (Å²) >= 11 is 5.93. The molecular weight excluding hydrogens is 238 g/mol. The van der Waals surface area contributed by atoms with E-state index in [1.807, 2.05) is 13.8 Å². The van der Waals surface area contributed by atoms with Crippen LogP contribution in [0.25, 0.3) is 0 Å². The van der Waals surface area contributed by atoms with E-state index < -0.39 is 0 Å². The molecule has 0 aliphatic heterocycles. The molecule has 0 bridgehead atoms. The van der Waals surface area contributed by atoms with Gasteiger partial charge >= 0.3 is 0 Å². The van der Waals surface area contributed by atoms with Gasteiger partial charge in [-0.25, -0.2) is 0 Å². The second kappa shape index (κ2) is 6.62. The number of carbonyl (C=O) groups excluding carboxylic acids is 1. The van der Waals surface area contributed by atoms with Crippen LogP contribution < -0.4 is 5.32 Å². The minimum absolute atomic E-state index is 0.0611. The summed E-state index contributed by atoms with van der Waals surface area (Å²) < 4.78 is 0. The van der Waals surface area contributed by atoms with Crippen molar-refractivity contribution in [1.29, 1.82) is 0 Å². The van der Waals surface area contributed by atoms with E-state index in [0.29, 0.717) is 16.5 Å². The first-order chi connectivity index (χ1) is 8.04. The molecule has 0 aromatic heterocycles. The summed E-state index contributed by atoms with van der Waals surface area (Å²) in [4.78, 5) is 11.9. The van der Waals surface area contributed by atoms with Crippen molar-refractivity contribution in [2.24, 2.45) is 5.92 Å². The quantitative estimate of drug-likeness (QED) is 0.849. The molecule has 2 N–H and O–H groups in total. The maximum Gasteiger partial charge on any atom is 0.253 e. The number of carbonyl (C=O) groups is 1. The van der Waals surface area contributed by atoms with Crippen LogP contribution in [0.2, 0.25) is 5.02 Å². The van der Waals surface area contributed by atoms with Gasteiger partial charge in [0.15, 0.2) is 0 Å². The molecule has 3 nitrogen and oxygen atoms in total. The Hall–Kier alpha value is -1.06. The minimum Gasteiger partial charge on any atom is -0.394 e. The molecule has 0 saturated carbocycles. The van der Waals surface area contributed by atoms with E-state index >= 15 is 0 Å². The summed E-state index contributed by atoms with van der Waals surface area (Å²) in [6, 6.07) is 6.65. The van der Waals surface area contributed by atoms with Crippen LogP contribution in [0.15, 0.2) is 24.3 Å². The predicted molar refractivity (Wildman–Crippen MR) is 69.2 cm³/mol. The first kappa shape index (κ1) is 14.0. The molecule has 1 amide bonds. The summed E-state index contributed by atoms with van der Waals surface area (Å²) in [5, 5.41) is 12.4. The largest absolute Gasteiger partial charge is 0.394 e. The average molecular weight is 256 g/mol. The topological polar surface area (TPSA) is 49.3 Å². The van der Waals surface area contributed by atoms with Gasteiger partial charge in [-0.2, -0.15) is 0 Å². The Balaban J connectivity index is 2.68. The van der Waals surface area contributed by atoms with Crippen molar-refractivity contribution < 1.29 is 9.90 Å². The maximum atomic E-state index is 11.9. The standard InChI is InChI=1S/C13H18ClNO2/c1-9(2)7-10(8-16)15-13(17)11-5-3-4-6-12(11)14/h3-6,9-10,16H,7-8H2,1-2H3,(H,15,17). The summed E-state index contributed by atoms with van der Waals surface area (Å²) in [5.74, 6) is 0.175. The van der Waals surface area contributed by atoms with Gasteiger partial charge in [-0.15, -0.1) is 0 Å². The van der Waals surface area contributed by atoms with Crippen molar-refractivity contribution in [1.82, 2.24) is 5.32 Å². The zero-order chi connectivity index (χ0) is 12.8. The molecule has 0 fully saturated rings. The van der Waals surface area contributed by atoms with Crippen molar-refractivity contribution in [2.75, 3.05) is 6.61 Å². The van der Waals surface area contributed by atoms with Gasteiger partial charge in [0.25, 0.3) is 5.91 Å². The number of rotatable bonds is 5. The molecule has 94 valence electrons. The van der Waals surface area contributed by atoms with Crippen LogP contribution in [0, 0.1) is 5.92 Å². The van der Waals surface area contributed by atoms with Gasteiger partial charge < -0.3 is 10.4 Å². The molecule has 17 heavy (non-hydrogen) atoms. The second-order valence-corrected chi connectivity index (χ2v) is 4.87. The van der Waals surface area contributed by atoms with Crippen molar-refractivity contribution in [3.63, 3.8) is 0 Å². The highest BCUT2D eigenvalue weighted by Crippen LogP contribution is 2.15. The van der Waals surface area contributed by atoms with Gasteiger partial charge in [0.05, 0.1) is 23.2 Å². The Kier molecular flexibility index (Phi) is 5.45. The highest BCUT2D eigenvalue weighted by molar-refractivity contribution is 6.33. The Morgan fingerprint density at radius 3 is 2.59 bits per heavy atom. The molecule has 1 aromatic carbocycles. The van der Waals surface area contributed by atoms with Gasteiger partial charge in [0.1, 0.15) is 0 Å². The number of hydrogen-bond acceptors (Lipinski definition) is 2. The van der Waals surface area contributed by atoms with Gasteiger partial charge in [-0.1, -0.05) is 37.6 Å². The van der Waals surface area contributed by atoms with E-state index in [4.69, 9.17) is 11.6 Å². The lowest BCUT2D eigenvalue weighted by Gasteiger charge is -2.18. The molecule has 1 atom stereocenters. The van der Waals surface area contributed by atoms with E-state index in [2.05, 4.69) is 5.32 Å². The van der Waals surface area contributed by atoms with Gasteiger partial charge in [0.2, 0.25) is 0 Å². The van der Waals surface area contributed by atoms with Gasteiger partial charge in [0, 0.05) is 0 Å². The Morgan fingerprint density at radius 2 is 2.06 bits per heavy atom. The lowest BCUT2D eigenvalue weighted by atomic mass is 10.0. The van der Waals surface area contributed by atoms with Crippen LogP contribution >= 0.6 is 11.6 Å². The van der Waals surface area contributed by atoms with Crippen LogP contribution in [-0.2, 0) is 0 Å². The first-order valence-corrected chi connectivity index (χ1v) is 6.08. The van der Waals surface area contributed by atoms with E-state index in [1.165, 1.54) is 0 Å². The van der Waals surface area contributed by atoms with Crippen LogP contribution in [0.1, 0.15) is 30.6 Å². The molecule has 0 radical (unpaired) electrons. The van der Waals surface area contributed by atoms with Crippen LogP contribution in [0.3, 0.4) is 0 Å². The summed E-state index contributed by atoms with van der Waals surface area (Å²) in [7, 11) is 0. The number of amides is 1. The molecule has 1 rings (SSSR count). The van der Waals surface area contributed by atoms with Crippen LogP contribution in [-0.4, -0.2) is 23.7 Å². The lowest BCUT2D eigenvalue weighted by Crippen LogP contribution is -2.38. The van der Waals surface area contributed by atoms with Crippen molar-refractivity contribution in [2.45, 2.75) is 26.3 Å². The molecule has 0 aliphatic carbocycles. The molecule has 0 saturated heterocycles. The average Bonchev–Trinajstić information content (AvgIpc) is 2.27. The highest BCUT2D eigenvalue weighted by atomic mass is 35.5. The molecule has 0 aliphatic rings. The first-order valence-electron chi connectivity index (χ1n) is 5.70. The number of aliphatic hydroxyl groups is 1. The third-order valence-electron chi connectivity index (χ3n) is 2.43. The molecule has 0 heterocycles. The fourth-order valence-corrected chi connectivity index (χ4v) is 1.88. The number of benzene rings is 1. The molecule has 1 aromatic rings. The van der Waals surface area contributed by atoms with E-state index in [1.54, 1.807) is 24.3 Å². The predicted octanol–water partition coefficient (Wildman–Crippen LogP) is 2.48. The summed E-state index contributed by atoms with van der Waals surface area (Å²) in [6.07, 6.45) is 0.743. The van der Waals surface area contributed by atoms with Crippen molar-refractivity contribution >= 4 is 17.5 Å². The third-order valence-corrected chi connectivity index (χ3v) is 2.76. The Bertz CT molecular complexity index is 379. The van der Waals surface area contributed by atoms with E-state index in [0.717, 1.165) is 6.42 Å². The zero-order valence-corrected chi connectivity index (χ0v) is 10.9. The monoisotopic (exact) mass is 255 g/mol. The SMILES string of the molecule is CC(C)CC(CO)NC(=O)c1ccccc1Cl. The zero-order valence-electron chi connectivity index (χ0n) is 10.1. The normalized spacial score (nSPS) is 12.5. The number of aliphatic hydroxyl groups excluding tert-OH is 1. The fourth-order valence-electron chi connectivity index (χ4n) is 1.66. The molecule has 1 unspecified atom stereocenters. The second-order valence-electron chi connectivity index (χ2n) is 4.46. The third kappa shape index (κ3) is 4.36. The van der Waals surface area contributed by atoms with Crippen molar-refractivity contribution in [3.05, 3.63) is 34.9 Å². The Morgan fingerprint density at radius 1 is 1.41 bits per heavy atom. The highest BCUT2D eigenvalue weighted by Gasteiger charge is 2.15. The Labute approximate surface area is 107 Å². The molecule has 0 spiro atoms. The van der Waals surface area contributed by atoms with E-state index in [9.17, 15) is 9.90 Å². The van der Waals surface area contributed by atoms with Gasteiger partial charge in [-0.05, 0) is 24.5 Å². The van der Waals surface area contributed by atoms with Crippen molar-refractivity contribution in [3.8, 4) is 0 Å². The fraction of sp³-hybridized carbons (Fsp3) is 0.462. The number of nitrogens with one attached hydrogen (secondary N) is 1. The smallest absolute Gasteiger partial charge is 0.253 e.